The van der Waals surface area contributed by atoms with Crippen molar-refractivity contribution < 1.29 is 9.05 Å². The molecule has 5 rings (SSSR count). The van der Waals surface area contributed by atoms with Gasteiger partial charge in [0.05, 0.1) is 23.6 Å². The summed E-state index contributed by atoms with van der Waals surface area (Å²) in [5.74, 6) is -0.255. The summed E-state index contributed by atoms with van der Waals surface area (Å²) >= 11 is 3.64. The third kappa shape index (κ3) is 3.54. The Hall–Kier alpha value is -2.32. The SMILES string of the molecule is Fc1ccccc1-c1nnn2c1CNC1CN(Cc3ccccc3)CC12.OCl. The highest BCUT2D eigenvalue weighted by Crippen LogP contribution is 2.32. The molecule has 0 bridgehead atoms. The van der Waals surface area contributed by atoms with Crippen molar-refractivity contribution >= 4 is 11.9 Å². The molecule has 0 aliphatic carbocycles. The van der Waals surface area contributed by atoms with Crippen molar-refractivity contribution in [1.29, 1.82) is 0 Å². The number of likely N-dealkylation sites (tertiary alicyclic amines) is 1. The molecule has 2 aliphatic rings. The highest BCUT2D eigenvalue weighted by atomic mass is 35.5. The van der Waals surface area contributed by atoms with E-state index in [-0.39, 0.29) is 11.9 Å². The number of hydrogen-bond donors (Lipinski definition) is 2. The Kier molecular flexibility index (Phi) is 5.68. The highest BCUT2D eigenvalue weighted by Gasteiger charge is 2.39. The largest absolute Gasteiger partial charge is 0.305 e. The molecule has 1 saturated heterocycles. The molecule has 1 aromatic heterocycles. The fourth-order valence-electron chi connectivity index (χ4n) is 4.12. The first-order chi connectivity index (χ1) is 13.8. The van der Waals surface area contributed by atoms with Crippen LogP contribution >= 0.6 is 11.9 Å². The molecule has 0 radical (unpaired) electrons. The van der Waals surface area contributed by atoms with Gasteiger partial charge < -0.3 is 5.32 Å². The lowest BCUT2D eigenvalue weighted by Crippen LogP contribution is -2.42. The van der Waals surface area contributed by atoms with Crippen LogP contribution in [0, 0.1) is 5.82 Å². The topological polar surface area (TPSA) is 66.2 Å². The maximum atomic E-state index is 14.2. The number of rotatable bonds is 3. The number of benzene rings is 2. The van der Waals surface area contributed by atoms with Crippen LogP contribution in [0.25, 0.3) is 11.3 Å². The normalized spacial score (nSPS) is 20.8. The predicted octanol–water partition coefficient (Wildman–Crippen LogP) is 2.75. The van der Waals surface area contributed by atoms with E-state index in [1.807, 2.05) is 16.8 Å². The maximum Gasteiger partial charge on any atom is 0.132 e. The van der Waals surface area contributed by atoms with E-state index < -0.39 is 0 Å². The van der Waals surface area contributed by atoms with E-state index >= 15 is 0 Å². The predicted molar refractivity (Wildman–Crippen MR) is 105 cm³/mol. The smallest absolute Gasteiger partial charge is 0.132 e. The third-order valence-corrected chi connectivity index (χ3v) is 5.38. The summed E-state index contributed by atoms with van der Waals surface area (Å²) in [6, 6.07) is 17.9. The van der Waals surface area contributed by atoms with Crippen LogP contribution in [0.4, 0.5) is 4.39 Å². The fraction of sp³-hybridized carbons (Fsp3) is 0.300. The van der Waals surface area contributed by atoms with Crippen molar-refractivity contribution in [3.63, 3.8) is 0 Å². The second kappa shape index (κ2) is 8.36. The molecule has 2 aliphatic heterocycles. The van der Waals surface area contributed by atoms with E-state index in [1.54, 1.807) is 12.1 Å². The Morgan fingerprint density at radius 3 is 2.61 bits per heavy atom. The highest BCUT2D eigenvalue weighted by molar-refractivity contribution is 6.04. The molecule has 2 atom stereocenters. The molecule has 2 unspecified atom stereocenters. The Labute approximate surface area is 167 Å². The molecule has 6 nitrogen and oxygen atoms in total. The quantitative estimate of drug-likeness (QED) is 0.706. The minimum Gasteiger partial charge on any atom is -0.305 e. The Bertz CT molecular complexity index is 935. The van der Waals surface area contributed by atoms with Gasteiger partial charge in [0, 0.05) is 37.8 Å². The van der Waals surface area contributed by atoms with Gasteiger partial charge in [0.25, 0.3) is 0 Å². The van der Waals surface area contributed by atoms with Gasteiger partial charge in [-0.2, -0.15) is 0 Å². The monoisotopic (exact) mass is 401 g/mol. The molecule has 3 heterocycles. The van der Waals surface area contributed by atoms with Crippen molar-refractivity contribution in [2.45, 2.75) is 25.2 Å². The third-order valence-electron chi connectivity index (χ3n) is 5.38. The van der Waals surface area contributed by atoms with Gasteiger partial charge in [0.15, 0.2) is 0 Å². The molecule has 0 saturated carbocycles. The van der Waals surface area contributed by atoms with Crippen molar-refractivity contribution in [2.24, 2.45) is 0 Å². The van der Waals surface area contributed by atoms with Crippen LogP contribution in [0.5, 0.6) is 0 Å². The van der Waals surface area contributed by atoms with Crippen molar-refractivity contribution in [3.8, 4) is 11.3 Å². The molecule has 0 spiro atoms. The van der Waals surface area contributed by atoms with Gasteiger partial charge in [-0.05, 0) is 17.7 Å². The number of nitrogens with one attached hydrogen (secondary N) is 1. The average molecular weight is 402 g/mol. The van der Waals surface area contributed by atoms with E-state index in [1.165, 1.54) is 11.6 Å². The van der Waals surface area contributed by atoms with Crippen molar-refractivity contribution in [3.05, 3.63) is 71.7 Å². The summed E-state index contributed by atoms with van der Waals surface area (Å²) in [6.07, 6.45) is 0. The number of aromatic nitrogens is 3. The lowest BCUT2D eigenvalue weighted by Gasteiger charge is -2.27. The second-order valence-corrected chi connectivity index (χ2v) is 7.04. The molecule has 2 N–H and O–H groups in total. The Morgan fingerprint density at radius 1 is 1.07 bits per heavy atom. The lowest BCUT2D eigenvalue weighted by atomic mass is 10.1. The summed E-state index contributed by atoms with van der Waals surface area (Å²) in [4.78, 5) is 2.44. The van der Waals surface area contributed by atoms with Gasteiger partial charge >= 0.3 is 0 Å². The zero-order valence-corrected chi connectivity index (χ0v) is 15.9. The summed E-state index contributed by atoms with van der Waals surface area (Å²) in [6.45, 7) is 3.49. The molecule has 2 aromatic carbocycles. The van der Waals surface area contributed by atoms with Crippen LogP contribution in [0.1, 0.15) is 17.3 Å². The minimum atomic E-state index is -0.255. The maximum absolute atomic E-state index is 14.2. The van der Waals surface area contributed by atoms with Gasteiger partial charge in [-0.15, -0.1) is 5.10 Å². The standard InChI is InChI=1S/C20H20FN5.ClHO/c21-16-9-5-4-8-15(16)20-18-10-22-17-12-25(11-14-6-2-1-3-7-14)13-19(17)26(18)24-23-20;1-2/h1-9,17,19,22H,10-13H2;2H. The zero-order valence-electron chi connectivity index (χ0n) is 15.2. The van der Waals surface area contributed by atoms with E-state index in [0.29, 0.717) is 23.8 Å². The molecule has 3 aromatic rings. The first kappa shape index (κ1) is 19.0. The summed E-state index contributed by atoms with van der Waals surface area (Å²) in [5, 5.41) is 12.3. The van der Waals surface area contributed by atoms with Crippen LogP contribution in [0.2, 0.25) is 0 Å². The van der Waals surface area contributed by atoms with Crippen LogP contribution in [-0.4, -0.2) is 43.7 Å². The number of fused-ring (bicyclic) bond motifs is 3. The van der Waals surface area contributed by atoms with Gasteiger partial charge in [-0.1, -0.05) is 47.7 Å². The zero-order chi connectivity index (χ0) is 19.5. The van der Waals surface area contributed by atoms with Crippen molar-refractivity contribution in [2.75, 3.05) is 13.1 Å². The van der Waals surface area contributed by atoms with E-state index in [2.05, 4.69) is 56.7 Å². The molecular formula is C20H21ClFN5O. The first-order valence-corrected chi connectivity index (χ1v) is 9.49. The van der Waals surface area contributed by atoms with Crippen LogP contribution < -0.4 is 5.32 Å². The van der Waals surface area contributed by atoms with Gasteiger partial charge in [-0.25, -0.2) is 9.07 Å². The molecule has 0 amide bonds. The van der Waals surface area contributed by atoms with E-state index in [4.69, 9.17) is 4.66 Å². The first-order valence-electron chi connectivity index (χ1n) is 9.15. The molecule has 1 fully saturated rings. The second-order valence-electron chi connectivity index (χ2n) is 7.04. The summed E-state index contributed by atoms with van der Waals surface area (Å²) < 4.78 is 22.7. The van der Waals surface area contributed by atoms with Crippen molar-refractivity contribution in [1.82, 2.24) is 25.2 Å². The van der Waals surface area contributed by atoms with Crippen LogP contribution in [-0.2, 0) is 13.1 Å². The minimum absolute atomic E-state index is 0.232. The van der Waals surface area contributed by atoms with E-state index in [9.17, 15) is 4.39 Å². The number of halogens is 2. The summed E-state index contributed by atoms with van der Waals surface area (Å²) in [7, 11) is 0. The lowest BCUT2D eigenvalue weighted by molar-refractivity contribution is 0.307. The van der Waals surface area contributed by atoms with Gasteiger partial charge in [-0.3, -0.25) is 9.56 Å². The van der Waals surface area contributed by atoms with Gasteiger partial charge in [0.2, 0.25) is 0 Å². The molecule has 28 heavy (non-hydrogen) atoms. The number of nitrogens with zero attached hydrogens (tertiary/aromatic N) is 4. The molecule has 8 heteroatoms. The fourth-order valence-corrected chi connectivity index (χ4v) is 4.12. The summed E-state index contributed by atoms with van der Waals surface area (Å²) in [5.41, 5.74) is 3.46. The van der Waals surface area contributed by atoms with Crippen LogP contribution in [0.15, 0.2) is 54.6 Å². The van der Waals surface area contributed by atoms with Crippen LogP contribution in [0.3, 0.4) is 0 Å². The van der Waals surface area contributed by atoms with E-state index in [0.717, 1.165) is 25.3 Å². The molecule has 146 valence electrons. The Balaban J connectivity index is 0.000000932. The number of hydrogen-bond acceptors (Lipinski definition) is 5. The Morgan fingerprint density at radius 2 is 1.82 bits per heavy atom. The average Bonchev–Trinajstić information content (AvgIpc) is 3.34. The molecular weight excluding hydrogens is 381 g/mol. The van der Waals surface area contributed by atoms with Gasteiger partial charge in [0.1, 0.15) is 11.5 Å².